The summed E-state index contributed by atoms with van der Waals surface area (Å²) in [4.78, 5) is 0. The third-order valence-corrected chi connectivity index (χ3v) is 3.46. The van der Waals surface area contributed by atoms with E-state index in [9.17, 15) is 4.39 Å². The molecule has 1 aliphatic heterocycles. The van der Waals surface area contributed by atoms with Crippen LogP contribution in [0.1, 0.15) is 31.4 Å². The molecule has 0 aliphatic carbocycles. The molecule has 1 aromatic rings. The Kier molecular flexibility index (Phi) is 4.54. The molecule has 17 heavy (non-hydrogen) atoms. The Morgan fingerprint density at radius 1 is 1.59 bits per heavy atom. The smallest absolute Gasteiger partial charge is 0.123 e. The molecule has 0 amide bonds. The van der Waals surface area contributed by atoms with E-state index >= 15 is 0 Å². The summed E-state index contributed by atoms with van der Waals surface area (Å²) in [6.07, 6.45) is 2.06. The predicted molar refractivity (Wildman–Crippen MR) is 67.4 cm³/mol. The van der Waals surface area contributed by atoms with Crippen LogP contribution in [-0.2, 0) is 9.47 Å². The van der Waals surface area contributed by atoms with Crippen molar-refractivity contribution in [3.05, 3.63) is 34.1 Å². The van der Waals surface area contributed by atoms with Crippen LogP contribution in [0.3, 0.4) is 0 Å². The van der Waals surface area contributed by atoms with Gasteiger partial charge in [-0.2, -0.15) is 0 Å². The summed E-state index contributed by atoms with van der Waals surface area (Å²) in [6.45, 7) is 3.47. The zero-order valence-electron chi connectivity index (χ0n) is 9.79. The van der Waals surface area contributed by atoms with Gasteiger partial charge in [0.05, 0.1) is 19.3 Å². The van der Waals surface area contributed by atoms with Crippen LogP contribution < -0.4 is 0 Å². The summed E-state index contributed by atoms with van der Waals surface area (Å²) in [5, 5.41) is 0. The maximum absolute atomic E-state index is 13.3. The molecule has 2 atom stereocenters. The van der Waals surface area contributed by atoms with Crippen LogP contribution >= 0.6 is 15.9 Å². The van der Waals surface area contributed by atoms with Gasteiger partial charge in [-0.1, -0.05) is 29.3 Å². The molecule has 4 heteroatoms. The lowest BCUT2D eigenvalue weighted by atomic mass is 10.0. The molecule has 1 heterocycles. The molecule has 2 nitrogen and oxygen atoms in total. The topological polar surface area (TPSA) is 21.8 Å². The van der Waals surface area contributed by atoms with Gasteiger partial charge in [0.1, 0.15) is 11.9 Å². The summed E-state index contributed by atoms with van der Waals surface area (Å²) in [5.41, 5.74) is 0.882. The van der Waals surface area contributed by atoms with Crippen LogP contribution in [0.25, 0.3) is 0 Å². The molecule has 1 aromatic carbocycles. The van der Waals surface area contributed by atoms with Crippen molar-refractivity contribution in [1.82, 2.24) is 0 Å². The average Bonchev–Trinajstić information content (AvgIpc) is 3.12. The van der Waals surface area contributed by atoms with Crippen molar-refractivity contribution in [2.24, 2.45) is 0 Å². The highest BCUT2D eigenvalue weighted by atomic mass is 79.9. The Bertz CT molecular complexity index is 380. The van der Waals surface area contributed by atoms with Gasteiger partial charge in [0.15, 0.2) is 0 Å². The molecule has 0 radical (unpaired) electrons. The molecule has 94 valence electrons. The summed E-state index contributed by atoms with van der Waals surface area (Å²) < 4.78 is 25.1. The first kappa shape index (κ1) is 13.0. The lowest BCUT2D eigenvalue weighted by molar-refractivity contribution is 0.0353. The van der Waals surface area contributed by atoms with Gasteiger partial charge in [0, 0.05) is 4.47 Å². The number of rotatable bonds is 6. The van der Waals surface area contributed by atoms with E-state index in [-0.39, 0.29) is 18.0 Å². The highest BCUT2D eigenvalue weighted by molar-refractivity contribution is 9.10. The second kappa shape index (κ2) is 5.94. The minimum absolute atomic E-state index is 0.0609. The molecule has 1 fully saturated rings. The molecule has 0 aromatic heterocycles. The van der Waals surface area contributed by atoms with Crippen LogP contribution in [0.2, 0.25) is 0 Å². The van der Waals surface area contributed by atoms with Gasteiger partial charge in [-0.3, -0.25) is 0 Å². The largest absolute Gasteiger partial charge is 0.371 e. The Hall–Kier alpha value is -0.450. The van der Waals surface area contributed by atoms with E-state index in [1.807, 2.05) is 0 Å². The van der Waals surface area contributed by atoms with Crippen LogP contribution in [0.4, 0.5) is 4.39 Å². The fourth-order valence-electron chi connectivity index (χ4n) is 1.74. The van der Waals surface area contributed by atoms with E-state index in [0.29, 0.717) is 6.61 Å². The van der Waals surface area contributed by atoms with Gasteiger partial charge in [0.2, 0.25) is 0 Å². The van der Waals surface area contributed by atoms with E-state index in [1.165, 1.54) is 12.1 Å². The highest BCUT2D eigenvalue weighted by Gasteiger charge is 2.25. The number of hydrogen-bond acceptors (Lipinski definition) is 2. The first-order chi connectivity index (χ1) is 8.20. The molecule has 1 aliphatic rings. The molecule has 0 spiro atoms. The molecule has 0 saturated carbocycles. The number of epoxide rings is 1. The third-order valence-electron chi connectivity index (χ3n) is 2.74. The van der Waals surface area contributed by atoms with Crippen molar-refractivity contribution in [3.63, 3.8) is 0 Å². The molecule has 2 rings (SSSR count). The molecule has 1 saturated heterocycles. The average molecular weight is 303 g/mol. The van der Waals surface area contributed by atoms with Crippen molar-refractivity contribution >= 4 is 15.9 Å². The summed E-state index contributed by atoms with van der Waals surface area (Å²) in [7, 11) is 0. The van der Waals surface area contributed by atoms with Crippen molar-refractivity contribution < 1.29 is 13.9 Å². The Morgan fingerprint density at radius 3 is 3.00 bits per heavy atom. The Morgan fingerprint density at radius 2 is 2.35 bits per heavy atom. The van der Waals surface area contributed by atoms with Crippen LogP contribution in [0.5, 0.6) is 0 Å². The van der Waals surface area contributed by atoms with Gasteiger partial charge in [-0.05, 0) is 30.2 Å². The molecular formula is C13H16BrFO2. The van der Waals surface area contributed by atoms with Crippen LogP contribution in [-0.4, -0.2) is 19.3 Å². The quantitative estimate of drug-likeness (QED) is 0.745. The minimum atomic E-state index is -0.226. The van der Waals surface area contributed by atoms with Gasteiger partial charge in [-0.15, -0.1) is 0 Å². The number of ether oxygens (including phenoxy) is 2. The van der Waals surface area contributed by atoms with Gasteiger partial charge >= 0.3 is 0 Å². The highest BCUT2D eigenvalue weighted by Crippen LogP contribution is 2.31. The fourth-order valence-corrected chi connectivity index (χ4v) is 2.24. The van der Waals surface area contributed by atoms with Gasteiger partial charge in [0.25, 0.3) is 0 Å². The van der Waals surface area contributed by atoms with E-state index in [0.717, 1.165) is 29.5 Å². The maximum Gasteiger partial charge on any atom is 0.123 e. The predicted octanol–water partition coefficient (Wildman–Crippen LogP) is 3.84. The monoisotopic (exact) mass is 302 g/mol. The second-order valence-electron chi connectivity index (χ2n) is 4.23. The maximum atomic E-state index is 13.3. The molecular weight excluding hydrogens is 287 g/mol. The summed E-state index contributed by atoms with van der Waals surface area (Å²) in [5.74, 6) is -0.226. The summed E-state index contributed by atoms with van der Waals surface area (Å²) in [6, 6.07) is 4.71. The first-order valence-corrected chi connectivity index (χ1v) is 6.68. The first-order valence-electron chi connectivity index (χ1n) is 5.89. The van der Waals surface area contributed by atoms with E-state index in [1.54, 1.807) is 6.07 Å². The number of hydrogen-bond donors (Lipinski definition) is 0. The Balaban J connectivity index is 2.08. The molecule has 0 bridgehead atoms. The van der Waals surface area contributed by atoms with Crippen molar-refractivity contribution in [2.45, 2.75) is 32.0 Å². The normalized spacial score (nSPS) is 20.3. The Labute approximate surface area is 109 Å². The molecule has 0 N–H and O–H groups in total. The lowest BCUT2D eigenvalue weighted by Gasteiger charge is -2.18. The SMILES string of the molecule is CCC[C@@H](OC[C@H]1CO1)c1cc(F)ccc1Br. The zero-order valence-corrected chi connectivity index (χ0v) is 11.4. The zero-order chi connectivity index (χ0) is 12.3. The fraction of sp³-hybridized carbons (Fsp3) is 0.538. The van der Waals surface area contributed by atoms with Gasteiger partial charge in [-0.25, -0.2) is 4.39 Å². The lowest BCUT2D eigenvalue weighted by Crippen LogP contribution is -2.10. The van der Waals surface area contributed by atoms with Crippen LogP contribution in [0, 0.1) is 5.82 Å². The summed E-state index contributed by atoms with van der Waals surface area (Å²) >= 11 is 3.45. The number of halogens is 2. The standard InChI is InChI=1S/C13H16BrFO2/c1-2-3-13(17-8-10-7-16-10)11-6-9(15)4-5-12(11)14/h4-6,10,13H,2-3,7-8H2,1H3/t10-,13-/m1/s1. The minimum Gasteiger partial charge on any atom is -0.371 e. The van der Waals surface area contributed by atoms with Crippen molar-refractivity contribution in [2.75, 3.05) is 13.2 Å². The van der Waals surface area contributed by atoms with Gasteiger partial charge < -0.3 is 9.47 Å². The molecule has 0 unspecified atom stereocenters. The van der Waals surface area contributed by atoms with E-state index < -0.39 is 0 Å². The van der Waals surface area contributed by atoms with Crippen LogP contribution in [0.15, 0.2) is 22.7 Å². The van der Waals surface area contributed by atoms with Crippen molar-refractivity contribution in [3.8, 4) is 0 Å². The van der Waals surface area contributed by atoms with E-state index in [4.69, 9.17) is 9.47 Å². The van der Waals surface area contributed by atoms with E-state index in [2.05, 4.69) is 22.9 Å². The van der Waals surface area contributed by atoms with Crippen molar-refractivity contribution in [1.29, 1.82) is 0 Å². The second-order valence-corrected chi connectivity index (χ2v) is 5.09. The number of benzene rings is 1. The third kappa shape index (κ3) is 3.76.